The topological polar surface area (TPSA) is 55.4 Å². The average Bonchev–Trinajstić information content (AvgIpc) is 2.50. The highest BCUT2D eigenvalue weighted by Gasteiger charge is 2.30. The van der Waals surface area contributed by atoms with Gasteiger partial charge in [0.1, 0.15) is 0 Å². The van der Waals surface area contributed by atoms with E-state index in [0.29, 0.717) is 6.42 Å². The number of amides is 1. The summed E-state index contributed by atoms with van der Waals surface area (Å²) in [5, 5.41) is 2.68. The molecule has 0 heterocycles. The molecule has 0 radical (unpaired) electrons. The normalized spacial score (nSPS) is 25.7. The summed E-state index contributed by atoms with van der Waals surface area (Å²) in [6, 6.07) is -0.204. The molecule has 1 N–H and O–H groups in total. The van der Waals surface area contributed by atoms with Crippen molar-refractivity contribution in [3.05, 3.63) is 12.2 Å². The Balaban J connectivity index is 2.57. The zero-order valence-corrected chi connectivity index (χ0v) is 7.74. The van der Waals surface area contributed by atoms with Gasteiger partial charge in [0.25, 0.3) is 0 Å². The molecule has 0 bridgehead atoms. The molecule has 0 unspecified atom stereocenters. The van der Waals surface area contributed by atoms with E-state index in [4.69, 9.17) is 0 Å². The number of esters is 1. The lowest BCUT2D eigenvalue weighted by Gasteiger charge is -2.17. The van der Waals surface area contributed by atoms with Crippen LogP contribution in [0.25, 0.3) is 0 Å². The van der Waals surface area contributed by atoms with Crippen molar-refractivity contribution in [1.29, 1.82) is 0 Å². The van der Waals surface area contributed by atoms with Crippen molar-refractivity contribution in [2.24, 2.45) is 5.92 Å². The molecule has 4 heteroatoms. The molecule has 0 aromatic carbocycles. The van der Waals surface area contributed by atoms with Gasteiger partial charge in [0.05, 0.1) is 19.1 Å². The van der Waals surface area contributed by atoms with Crippen LogP contribution < -0.4 is 5.32 Å². The van der Waals surface area contributed by atoms with E-state index >= 15 is 0 Å². The Labute approximate surface area is 76.9 Å². The van der Waals surface area contributed by atoms with E-state index in [-0.39, 0.29) is 23.8 Å². The molecule has 0 fully saturated rings. The molecular formula is C9H13NO3. The van der Waals surface area contributed by atoms with Crippen LogP contribution in [0.15, 0.2) is 12.2 Å². The predicted molar refractivity (Wildman–Crippen MR) is 46.9 cm³/mol. The van der Waals surface area contributed by atoms with Crippen LogP contribution in [0.1, 0.15) is 13.3 Å². The smallest absolute Gasteiger partial charge is 0.311 e. The number of carbonyl (C=O) groups is 2. The largest absolute Gasteiger partial charge is 0.469 e. The third-order valence-electron chi connectivity index (χ3n) is 2.04. The molecule has 13 heavy (non-hydrogen) atoms. The van der Waals surface area contributed by atoms with Crippen LogP contribution in [0.2, 0.25) is 0 Å². The molecule has 72 valence electrons. The van der Waals surface area contributed by atoms with E-state index in [1.807, 2.05) is 12.2 Å². The lowest BCUT2D eigenvalue weighted by atomic mass is 10.0. The second-order valence-corrected chi connectivity index (χ2v) is 3.02. The minimum absolute atomic E-state index is 0.134. The summed E-state index contributed by atoms with van der Waals surface area (Å²) in [4.78, 5) is 22.0. The van der Waals surface area contributed by atoms with Crippen LogP contribution in [-0.4, -0.2) is 25.0 Å². The van der Waals surface area contributed by atoms with Crippen LogP contribution >= 0.6 is 0 Å². The number of ether oxygens (including phenoxy) is 1. The first kappa shape index (κ1) is 9.77. The van der Waals surface area contributed by atoms with E-state index in [1.165, 1.54) is 14.0 Å². The first-order valence-electron chi connectivity index (χ1n) is 4.16. The Bertz CT molecular complexity index is 247. The van der Waals surface area contributed by atoms with Gasteiger partial charge in [0.15, 0.2) is 0 Å². The Kier molecular flexibility index (Phi) is 3.06. The SMILES string of the molecule is COC(=O)[C@@H]1CC=C[C@@H]1NC(C)=O. The average molecular weight is 183 g/mol. The molecule has 1 aliphatic carbocycles. The third-order valence-corrected chi connectivity index (χ3v) is 2.04. The summed E-state index contributed by atoms with van der Waals surface area (Å²) < 4.78 is 4.62. The number of hydrogen-bond acceptors (Lipinski definition) is 3. The number of allylic oxidation sites excluding steroid dienone is 1. The highest BCUT2D eigenvalue weighted by atomic mass is 16.5. The van der Waals surface area contributed by atoms with Crippen LogP contribution in [-0.2, 0) is 14.3 Å². The van der Waals surface area contributed by atoms with Crippen molar-refractivity contribution in [3.63, 3.8) is 0 Å². The van der Waals surface area contributed by atoms with Gasteiger partial charge in [-0.25, -0.2) is 0 Å². The summed E-state index contributed by atoms with van der Waals surface area (Å²) in [6.07, 6.45) is 4.34. The van der Waals surface area contributed by atoms with Crippen LogP contribution in [0.4, 0.5) is 0 Å². The Morgan fingerprint density at radius 1 is 1.54 bits per heavy atom. The van der Waals surface area contributed by atoms with E-state index in [2.05, 4.69) is 10.1 Å². The summed E-state index contributed by atoms with van der Waals surface area (Å²) in [5.74, 6) is -0.664. The fraction of sp³-hybridized carbons (Fsp3) is 0.556. The second kappa shape index (κ2) is 4.07. The molecule has 0 aliphatic heterocycles. The molecule has 1 rings (SSSR count). The van der Waals surface area contributed by atoms with Gasteiger partial charge in [-0.05, 0) is 6.42 Å². The monoisotopic (exact) mass is 183 g/mol. The van der Waals surface area contributed by atoms with Crippen molar-refractivity contribution in [2.75, 3.05) is 7.11 Å². The van der Waals surface area contributed by atoms with Gasteiger partial charge in [0.2, 0.25) is 5.91 Å². The minimum atomic E-state index is -0.274. The van der Waals surface area contributed by atoms with Gasteiger partial charge in [0, 0.05) is 6.92 Å². The number of hydrogen-bond donors (Lipinski definition) is 1. The van der Waals surface area contributed by atoms with Gasteiger partial charge in [-0.3, -0.25) is 9.59 Å². The van der Waals surface area contributed by atoms with Crippen molar-refractivity contribution >= 4 is 11.9 Å². The Morgan fingerprint density at radius 3 is 2.77 bits per heavy atom. The number of methoxy groups -OCH3 is 1. The first-order valence-corrected chi connectivity index (χ1v) is 4.16. The van der Waals surface area contributed by atoms with E-state index in [0.717, 1.165) is 0 Å². The Hall–Kier alpha value is -1.32. The highest BCUT2D eigenvalue weighted by molar-refractivity contribution is 5.78. The lowest BCUT2D eigenvalue weighted by Crippen LogP contribution is -2.39. The first-order chi connectivity index (χ1) is 6.15. The van der Waals surface area contributed by atoms with E-state index in [1.54, 1.807) is 0 Å². The maximum absolute atomic E-state index is 11.2. The summed E-state index contributed by atoms with van der Waals surface area (Å²) in [7, 11) is 1.35. The molecule has 4 nitrogen and oxygen atoms in total. The summed E-state index contributed by atoms with van der Waals surface area (Å²) >= 11 is 0. The van der Waals surface area contributed by atoms with Gasteiger partial charge in [-0.15, -0.1) is 0 Å². The molecule has 0 spiro atoms. The predicted octanol–water partition coefficient (Wildman–Crippen LogP) is 0.240. The van der Waals surface area contributed by atoms with Gasteiger partial charge in [-0.1, -0.05) is 12.2 Å². The van der Waals surface area contributed by atoms with Crippen molar-refractivity contribution in [3.8, 4) is 0 Å². The quantitative estimate of drug-likeness (QED) is 0.493. The molecule has 0 aromatic heterocycles. The zero-order chi connectivity index (χ0) is 9.84. The maximum atomic E-state index is 11.2. The third kappa shape index (κ3) is 2.31. The van der Waals surface area contributed by atoms with Crippen molar-refractivity contribution in [1.82, 2.24) is 5.32 Å². The number of nitrogens with one attached hydrogen (secondary N) is 1. The molecule has 0 saturated carbocycles. The molecule has 1 amide bonds. The van der Waals surface area contributed by atoms with Gasteiger partial charge < -0.3 is 10.1 Å². The van der Waals surface area contributed by atoms with Crippen molar-refractivity contribution < 1.29 is 14.3 Å². The van der Waals surface area contributed by atoms with Crippen LogP contribution in [0.3, 0.4) is 0 Å². The van der Waals surface area contributed by atoms with Crippen LogP contribution in [0, 0.1) is 5.92 Å². The molecule has 1 aliphatic rings. The fourth-order valence-corrected chi connectivity index (χ4v) is 1.43. The standard InChI is InChI=1S/C9H13NO3/c1-6(11)10-8-5-3-4-7(8)9(12)13-2/h3,5,7-8H,4H2,1-2H3,(H,10,11)/t7-,8+/m1/s1. The minimum Gasteiger partial charge on any atom is -0.469 e. The van der Waals surface area contributed by atoms with Crippen LogP contribution in [0.5, 0.6) is 0 Å². The van der Waals surface area contributed by atoms with Gasteiger partial charge >= 0.3 is 5.97 Å². The van der Waals surface area contributed by atoms with E-state index < -0.39 is 0 Å². The Morgan fingerprint density at radius 2 is 2.23 bits per heavy atom. The summed E-state index contributed by atoms with van der Waals surface area (Å²) in [6.45, 7) is 1.43. The van der Waals surface area contributed by atoms with Gasteiger partial charge in [-0.2, -0.15) is 0 Å². The number of rotatable bonds is 2. The zero-order valence-electron chi connectivity index (χ0n) is 7.74. The molecule has 0 aromatic rings. The summed E-state index contributed by atoms with van der Waals surface area (Å²) in [5.41, 5.74) is 0. The lowest BCUT2D eigenvalue weighted by molar-refractivity contribution is -0.145. The fourth-order valence-electron chi connectivity index (χ4n) is 1.43. The maximum Gasteiger partial charge on any atom is 0.311 e. The highest BCUT2D eigenvalue weighted by Crippen LogP contribution is 2.19. The van der Waals surface area contributed by atoms with Crippen molar-refractivity contribution in [2.45, 2.75) is 19.4 Å². The molecule has 0 saturated heterocycles. The number of carbonyl (C=O) groups excluding carboxylic acids is 2. The van der Waals surface area contributed by atoms with E-state index in [9.17, 15) is 9.59 Å². The second-order valence-electron chi connectivity index (χ2n) is 3.02. The molecule has 2 atom stereocenters. The molecular weight excluding hydrogens is 170 g/mol.